The van der Waals surface area contributed by atoms with Crippen LogP contribution in [-0.2, 0) is 0 Å². The van der Waals surface area contributed by atoms with Crippen molar-refractivity contribution in [2.24, 2.45) is 0 Å². The summed E-state index contributed by atoms with van der Waals surface area (Å²) < 4.78 is 12.6. The molecule has 0 aliphatic heterocycles. The van der Waals surface area contributed by atoms with Gasteiger partial charge < -0.3 is 10.5 Å². The summed E-state index contributed by atoms with van der Waals surface area (Å²) in [6.07, 6.45) is 0. The molecule has 0 aliphatic rings. The first-order chi connectivity index (χ1) is 8.47. The van der Waals surface area contributed by atoms with Crippen molar-refractivity contribution in [3.63, 3.8) is 0 Å². The van der Waals surface area contributed by atoms with Crippen LogP contribution in [-0.4, -0.2) is 10.2 Å². The smallest absolute Gasteiger partial charge is 0.264 e. The van der Waals surface area contributed by atoms with Crippen molar-refractivity contribution in [1.29, 1.82) is 0 Å². The van der Waals surface area contributed by atoms with Gasteiger partial charge in [0.25, 0.3) is 5.56 Å². The Morgan fingerprint density at radius 3 is 2.65 bits per heavy atom. The zero-order valence-electron chi connectivity index (χ0n) is 9.33. The van der Waals surface area contributed by atoms with E-state index in [1.807, 2.05) is 0 Å². The molecular formula is C10H7Cl2N3O2. The third kappa shape index (κ3) is 2.69. The third-order valence-electron chi connectivity index (χ3n) is 1.82. The zero-order valence-corrected chi connectivity index (χ0v) is 9.84. The van der Waals surface area contributed by atoms with Crippen LogP contribution in [0.4, 0.5) is 5.69 Å². The van der Waals surface area contributed by atoms with Gasteiger partial charge in [-0.05, 0) is 12.1 Å². The summed E-state index contributed by atoms with van der Waals surface area (Å²) in [5, 5.41) is 6.14. The van der Waals surface area contributed by atoms with Gasteiger partial charge in [0.1, 0.15) is 0 Å². The zero-order chi connectivity index (χ0) is 13.3. The van der Waals surface area contributed by atoms with Crippen LogP contribution in [0, 0.1) is 0 Å². The number of nitrogen functional groups attached to an aromatic ring is 1. The van der Waals surface area contributed by atoms with Crippen molar-refractivity contribution in [2.75, 3.05) is 5.73 Å². The Bertz CT molecular complexity index is 637. The quantitative estimate of drug-likeness (QED) is 0.823. The Kier molecular flexibility index (Phi) is 2.85. The Hall–Kier alpha value is -1.72. The first-order valence-electron chi connectivity index (χ1n) is 4.96. The van der Waals surface area contributed by atoms with E-state index in [0.717, 1.165) is 6.07 Å². The summed E-state index contributed by atoms with van der Waals surface area (Å²) in [6, 6.07) is 3.82. The van der Waals surface area contributed by atoms with Gasteiger partial charge in [0.2, 0.25) is 5.88 Å². The highest BCUT2D eigenvalue weighted by molar-refractivity contribution is 6.37. The van der Waals surface area contributed by atoms with Gasteiger partial charge in [-0.15, -0.1) is 5.10 Å². The van der Waals surface area contributed by atoms with Crippen LogP contribution in [0.15, 0.2) is 29.0 Å². The van der Waals surface area contributed by atoms with Gasteiger partial charge in [-0.2, -0.15) is 0 Å². The van der Waals surface area contributed by atoms with E-state index in [1.165, 1.54) is 12.1 Å². The molecule has 0 amide bonds. The first-order valence-corrected chi connectivity index (χ1v) is 5.21. The lowest BCUT2D eigenvalue weighted by atomic mass is 10.3. The molecule has 1 aromatic carbocycles. The number of hydrogen-bond acceptors (Lipinski definition) is 4. The maximum Gasteiger partial charge on any atom is 0.264 e. The molecule has 88 valence electrons. The van der Waals surface area contributed by atoms with Gasteiger partial charge in [0, 0.05) is 17.8 Å². The molecule has 0 fully saturated rings. The van der Waals surface area contributed by atoms with Gasteiger partial charge >= 0.3 is 0 Å². The van der Waals surface area contributed by atoms with Crippen molar-refractivity contribution in [3.8, 4) is 11.6 Å². The molecule has 5 nitrogen and oxygen atoms in total. The van der Waals surface area contributed by atoms with E-state index in [4.69, 9.17) is 35.0 Å². The SMILES string of the molecule is [2H]c1cc(Oc2c(Cl)cc(N)cc2Cl)n[nH]c1=O. The lowest BCUT2D eigenvalue weighted by molar-refractivity contribution is 0.455. The van der Waals surface area contributed by atoms with Crippen molar-refractivity contribution >= 4 is 28.9 Å². The van der Waals surface area contributed by atoms with Crippen LogP contribution in [0.1, 0.15) is 1.37 Å². The minimum absolute atomic E-state index is 0.00757. The molecule has 0 aliphatic carbocycles. The number of nitrogens with one attached hydrogen (secondary N) is 1. The topological polar surface area (TPSA) is 81.0 Å². The largest absolute Gasteiger partial charge is 0.434 e. The fourth-order valence-corrected chi connectivity index (χ4v) is 1.71. The number of anilines is 1. The van der Waals surface area contributed by atoms with Crippen LogP contribution in [0.3, 0.4) is 0 Å². The number of H-pyrrole nitrogens is 1. The van der Waals surface area contributed by atoms with E-state index in [1.54, 1.807) is 0 Å². The standard InChI is InChI=1S/C10H7Cl2N3O2/c11-6-3-5(13)4-7(12)10(6)17-9-2-1-8(16)14-15-9/h1-4H,13H2,(H,14,16)/i1D. The molecule has 0 radical (unpaired) electrons. The highest BCUT2D eigenvalue weighted by atomic mass is 35.5. The third-order valence-corrected chi connectivity index (χ3v) is 2.38. The lowest BCUT2D eigenvalue weighted by Gasteiger charge is -2.08. The molecule has 2 rings (SSSR count). The summed E-state index contributed by atoms with van der Waals surface area (Å²) in [4.78, 5) is 11.0. The summed E-state index contributed by atoms with van der Waals surface area (Å²) >= 11 is 11.8. The number of benzene rings is 1. The number of halogens is 2. The van der Waals surface area contributed by atoms with Crippen molar-refractivity contribution in [3.05, 3.63) is 44.6 Å². The molecule has 2 aromatic rings. The fourth-order valence-electron chi connectivity index (χ4n) is 1.13. The van der Waals surface area contributed by atoms with E-state index in [2.05, 4.69) is 10.2 Å². The number of ether oxygens (including phenoxy) is 1. The van der Waals surface area contributed by atoms with Crippen LogP contribution >= 0.6 is 23.2 Å². The predicted octanol–water partition coefficient (Wildman–Crippen LogP) is 2.45. The molecule has 0 unspecified atom stereocenters. The van der Waals surface area contributed by atoms with E-state index in [0.29, 0.717) is 5.69 Å². The highest BCUT2D eigenvalue weighted by Crippen LogP contribution is 2.37. The Balaban J connectivity index is 2.40. The number of aromatic amines is 1. The fraction of sp³-hybridized carbons (Fsp3) is 0. The number of aromatic nitrogens is 2. The van der Waals surface area contributed by atoms with Crippen molar-refractivity contribution in [2.45, 2.75) is 0 Å². The van der Waals surface area contributed by atoms with Crippen LogP contribution < -0.4 is 16.0 Å². The van der Waals surface area contributed by atoms with Gasteiger partial charge in [0.15, 0.2) is 5.75 Å². The van der Waals surface area contributed by atoms with Crippen LogP contribution in [0.2, 0.25) is 10.0 Å². The molecular weight excluding hydrogens is 265 g/mol. The molecule has 1 aromatic heterocycles. The minimum Gasteiger partial charge on any atom is -0.434 e. The normalized spacial score (nSPS) is 11.1. The Morgan fingerprint density at radius 1 is 1.41 bits per heavy atom. The second-order valence-electron chi connectivity index (χ2n) is 3.10. The number of nitrogens with two attached hydrogens (primary N) is 1. The second kappa shape index (κ2) is 4.65. The molecule has 0 saturated carbocycles. The number of hydrogen-bond donors (Lipinski definition) is 2. The molecule has 0 spiro atoms. The van der Waals surface area contributed by atoms with Gasteiger partial charge in [-0.3, -0.25) is 4.79 Å². The highest BCUT2D eigenvalue weighted by Gasteiger charge is 2.10. The van der Waals surface area contributed by atoms with Gasteiger partial charge in [-0.1, -0.05) is 23.2 Å². The summed E-state index contributed by atoms with van der Waals surface area (Å²) in [5.41, 5.74) is 5.33. The summed E-state index contributed by atoms with van der Waals surface area (Å²) in [7, 11) is 0. The molecule has 3 N–H and O–H groups in total. The summed E-state index contributed by atoms with van der Waals surface area (Å²) in [5.74, 6) is 0.166. The lowest BCUT2D eigenvalue weighted by Crippen LogP contribution is -2.05. The Morgan fingerprint density at radius 2 is 2.06 bits per heavy atom. The molecule has 0 bridgehead atoms. The molecule has 0 saturated heterocycles. The summed E-state index contributed by atoms with van der Waals surface area (Å²) in [6.45, 7) is 0. The number of nitrogens with zero attached hydrogens (tertiary/aromatic N) is 1. The average molecular weight is 273 g/mol. The number of rotatable bonds is 2. The van der Waals surface area contributed by atoms with E-state index in [9.17, 15) is 4.79 Å². The van der Waals surface area contributed by atoms with E-state index < -0.39 is 5.56 Å². The van der Waals surface area contributed by atoms with Crippen LogP contribution in [0.25, 0.3) is 0 Å². The van der Waals surface area contributed by atoms with E-state index in [-0.39, 0.29) is 27.7 Å². The maximum atomic E-state index is 11.0. The average Bonchev–Trinajstić information content (AvgIpc) is 2.28. The van der Waals surface area contributed by atoms with Gasteiger partial charge in [0.05, 0.1) is 11.4 Å². The monoisotopic (exact) mass is 272 g/mol. The van der Waals surface area contributed by atoms with Crippen molar-refractivity contribution in [1.82, 2.24) is 10.2 Å². The second-order valence-corrected chi connectivity index (χ2v) is 3.91. The maximum absolute atomic E-state index is 11.0. The molecule has 0 atom stereocenters. The van der Waals surface area contributed by atoms with Crippen molar-refractivity contribution < 1.29 is 6.11 Å². The predicted molar refractivity (Wildman–Crippen MR) is 65.8 cm³/mol. The Labute approximate surface area is 108 Å². The van der Waals surface area contributed by atoms with Gasteiger partial charge in [-0.25, -0.2) is 5.10 Å². The van der Waals surface area contributed by atoms with Crippen LogP contribution in [0.5, 0.6) is 11.6 Å². The van der Waals surface area contributed by atoms with E-state index >= 15 is 0 Å². The molecule has 1 heterocycles. The minimum atomic E-state index is -0.614. The first kappa shape index (κ1) is 10.4. The molecule has 7 heteroatoms. The molecule has 17 heavy (non-hydrogen) atoms.